The van der Waals surface area contributed by atoms with Gasteiger partial charge in [0.05, 0.1) is 47.6 Å². The number of aryl methyl sites for hydroxylation is 1. The molecule has 10 heteroatoms. The lowest BCUT2D eigenvalue weighted by atomic mass is 9.75. The van der Waals surface area contributed by atoms with Gasteiger partial charge in [-0.05, 0) is 104 Å². The van der Waals surface area contributed by atoms with Gasteiger partial charge in [0, 0.05) is 13.0 Å². The molecule has 0 spiro atoms. The highest BCUT2D eigenvalue weighted by Crippen LogP contribution is 2.45. The molecule has 10 nitrogen and oxygen atoms in total. The molecule has 0 N–H and O–H groups in total. The topological polar surface area (TPSA) is 102 Å². The van der Waals surface area contributed by atoms with Crippen molar-refractivity contribution in [2.45, 2.75) is 88.7 Å². The number of rotatable bonds is 8. The minimum atomic E-state index is -0.691. The number of methoxy groups -OCH3 is 4. The Morgan fingerprint density at radius 3 is 2.13 bits per heavy atom. The number of ether oxygens (including phenoxy) is 7. The van der Waals surface area contributed by atoms with E-state index >= 15 is 0 Å². The molecule has 4 aliphatic rings. The maximum Gasteiger partial charge on any atom is 0.329 e. The van der Waals surface area contributed by atoms with E-state index in [9.17, 15) is 9.59 Å². The lowest BCUT2D eigenvalue weighted by Crippen LogP contribution is -2.51. The average molecular weight is 716 g/mol. The van der Waals surface area contributed by atoms with Crippen LogP contribution in [-0.4, -0.2) is 71.0 Å². The Balaban J connectivity index is 1.37. The molecule has 52 heavy (non-hydrogen) atoms. The molecule has 1 amide bonds. The van der Waals surface area contributed by atoms with Gasteiger partial charge in [-0.3, -0.25) is 4.79 Å². The van der Waals surface area contributed by atoms with Crippen molar-refractivity contribution in [2.24, 2.45) is 5.92 Å². The van der Waals surface area contributed by atoms with Crippen molar-refractivity contribution < 1.29 is 42.7 Å². The smallest absolute Gasteiger partial charge is 0.329 e. The molecule has 280 valence electrons. The van der Waals surface area contributed by atoms with Crippen molar-refractivity contribution in [2.75, 3.05) is 48.2 Å². The first kappa shape index (κ1) is 37.2. The molecule has 3 atom stereocenters. The molecular formula is C42H53NO9. The fraction of sp³-hybridized carbons (Fsp3) is 0.524. The summed E-state index contributed by atoms with van der Waals surface area (Å²) < 4.78 is 41.6. The van der Waals surface area contributed by atoms with Crippen LogP contribution in [0.2, 0.25) is 0 Å². The fourth-order valence-corrected chi connectivity index (χ4v) is 8.00. The molecule has 2 fully saturated rings. The molecule has 0 radical (unpaired) electrons. The number of benzene rings is 3. The number of amides is 1. The molecule has 3 aromatic rings. The first-order chi connectivity index (χ1) is 25.4. The number of piperidine rings is 1. The van der Waals surface area contributed by atoms with Gasteiger partial charge in [-0.1, -0.05) is 37.5 Å². The molecule has 1 aliphatic carbocycles. The van der Waals surface area contributed by atoms with Gasteiger partial charge < -0.3 is 38.1 Å². The van der Waals surface area contributed by atoms with Gasteiger partial charge in [0.25, 0.3) is 0 Å². The summed E-state index contributed by atoms with van der Waals surface area (Å²) >= 11 is 0. The Labute approximate surface area is 307 Å². The lowest BCUT2D eigenvalue weighted by Gasteiger charge is -2.40. The number of carbonyl (C=O) groups excluding carboxylic acids is 2. The highest BCUT2D eigenvalue weighted by molar-refractivity contribution is 5.89. The zero-order valence-electron chi connectivity index (χ0n) is 31.0. The number of fused-ring (bicyclic) bond motifs is 9. The standard InChI is InChI=1S/C42H53NO9/c1-46-35-20-18-28(24-36(35)47-2)17-19-34-30-14-10-15-32(25-30)50-22-11-23-51-40-37(48-3)26-31(27-38(40)49-4)39(29-12-6-5-7-13-29)41(44)43-21-9-8-16-33(43)42(45)52-34/h10,14-15,18,20,24-27,29,33-34,39H,5-9,11-13,16-17,19,21-23H2,1-4H3/t33-,34+,39-/m0/s1. The van der Waals surface area contributed by atoms with Gasteiger partial charge in [-0.2, -0.15) is 0 Å². The second-order valence-corrected chi connectivity index (χ2v) is 14.0. The number of hydrogen-bond acceptors (Lipinski definition) is 9. The molecule has 3 aliphatic heterocycles. The van der Waals surface area contributed by atoms with Crippen LogP contribution in [0.1, 0.15) is 92.9 Å². The first-order valence-corrected chi connectivity index (χ1v) is 18.8. The number of hydrogen-bond donors (Lipinski definition) is 0. The summed E-state index contributed by atoms with van der Waals surface area (Å²) in [6.07, 6.45) is 8.58. The van der Waals surface area contributed by atoms with Crippen LogP contribution in [0.5, 0.6) is 34.5 Å². The van der Waals surface area contributed by atoms with Crippen LogP contribution in [0.15, 0.2) is 54.6 Å². The minimum absolute atomic E-state index is 0.0403. The summed E-state index contributed by atoms with van der Waals surface area (Å²) in [5, 5.41) is 0. The monoisotopic (exact) mass is 715 g/mol. The second-order valence-electron chi connectivity index (χ2n) is 14.0. The molecule has 3 heterocycles. The minimum Gasteiger partial charge on any atom is -0.493 e. The van der Waals surface area contributed by atoms with Crippen molar-refractivity contribution in [3.8, 4) is 34.5 Å². The molecule has 3 aromatic carbocycles. The summed E-state index contributed by atoms with van der Waals surface area (Å²) in [4.78, 5) is 31.2. The summed E-state index contributed by atoms with van der Waals surface area (Å²) in [5.41, 5.74) is 2.68. The van der Waals surface area contributed by atoms with E-state index < -0.39 is 18.1 Å². The third kappa shape index (κ3) is 8.54. The Kier molecular flexibility index (Phi) is 12.7. The maximum absolute atomic E-state index is 15.0. The van der Waals surface area contributed by atoms with E-state index in [1.54, 1.807) is 33.3 Å². The SMILES string of the molecule is COc1ccc(CC[C@H]2OC(=O)[C@@H]3CCCCN3C(=O)[C@@H](C3CCCCC3)c3cc(OC)c(c(OC)c3)OCCCOc3cccc2c3)cc1OC. The molecule has 4 bridgehead atoms. The summed E-state index contributed by atoms with van der Waals surface area (Å²) in [6.45, 7) is 1.28. The summed E-state index contributed by atoms with van der Waals surface area (Å²) in [5.74, 6) is 2.75. The van der Waals surface area contributed by atoms with E-state index in [2.05, 4.69) is 0 Å². The number of esters is 1. The van der Waals surface area contributed by atoms with Crippen LogP contribution >= 0.6 is 0 Å². The fourth-order valence-electron chi connectivity index (χ4n) is 8.00. The van der Waals surface area contributed by atoms with Crippen molar-refractivity contribution in [1.82, 2.24) is 4.90 Å². The van der Waals surface area contributed by atoms with Crippen LogP contribution in [0.25, 0.3) is 0 Å². The summed E-state index contributed by atoms with van der Waals surface area (Å²) in [7, 11) is 6.44. The predicted molar refractivity (Wildman–Crippen MR) is 197 cm³/mol. The zero-order valence-corrected chi connectivity index (χ0v) is 31.0. The van der Waals surface area contributed by atoms with Crippen LogP contribution in [-0.2, 0) is 20.7 Å². The molecule has 1 saturated carbocycles. The van der Waals surface area contributed by atoms with E-state index in [0.717, 1.165) is 61.6 Å². The van der Waals surface area contributed by atoms with E-state index in [1.807, 2.05) is 54.6 Å². The van der Waals surface area contributed by atoms with E-state index in [0.29, 0.717) is 79.9 Å². The van der Waals surface area contributed by atoms with Crippen molar-refractivity contribution in [3.63, 3.8) is 0 Å². The van der Waals surface area contributed by atoms with Crippen molar-refractivity contribution in [3.05, 3.63) is 71.3 Å². The molecule has 0 unspecified atom stereocenters. The Hall–Kier alpha value is -4.60. The van der Waals surface area contributed by atoms with Gasteiger partial charge in [0.2, 0.25) is 11.7 Å². The second kappa shape index (κ2) is 17.8. The van der Waals surface area contributed by atoms with Crippen LogP contribution in [0, 0.1) is 5.92 Å². The van der Waals surface area contributed by atoms with Gasteiger partial charge >= 0.3 is 5.97 Å². The third-order valence-corrected chi connectivity index (χ3v) is 10.7. The highest BCUT2D eigenvalue weighted by Gasteiger charge is 2.41. The lowest BCUT2D eigenvalue weighted by molar-refractivity contribution is -0.163. The molecular weight excluding hydrogens is 662 g/mol. The normalized spacial score (nSPS) is 21.7. The third-order valence-electron chi connectivity index (χ3n) is 10.7. The highest BCUT2D eigenvalue weighted by atomic mass is 16.5. The zero-order chi connectivity index (χ0) is 36.5. The Bertz CT molecular complexity index is 1640. The van der Waals surface area contributed by atoms with Gasteiger partial charge in [0.15, 0.2) is 23.0 Å². The summed E-state index contributed by atoms with van der Waals surface area (Å²) in [6, 6.07) is 16.7. The van der Waals surface area contributed by atoms with Crippen LogP contribution < -0.4 is 28.4 Å². The van der Waals surface area contributed by atoms with Crippen molar-refractivity contribution >= 4 is 11.9 Å². The van der Waals surface area contributed by atoms with E-state index in [4.69, 9.17) is 33.2 Å². The van der Waals surface area contributed by atoms with Crippen molar-refractivity contribution in [1.29, 1.82) is 0 Å². The van der Waals surface area contributed by atoms with E-state index in [1.165, 1.54) is 0 Å². The maximum atomic E-state index is 15.0. The molecule has 0 aromatic heterocycles. The average Bonchev–Trinajstić information content (AvgIpc) is 3.19. The van der Waals surface area contributed by atoms with Crippen LogP contribution in [0.4, 0.5) is 0 Å². The van der Waals surface area contributed by atoms with Gasteiger partial charge in [-0.15, -0.1) is 0 Å². The van der Waals surface area contributed by atoms with Crippen LogP contribution in [0.3, 0.4) is 0 Å². The van der Waals surface area contributed by atoms with Gasteiger partial charge in [0.1, 0.15) is 17.9 Å². The Morgan fingerprint density at radius 1 is 0.692 bits per heavy atom. The quantitative estimate of drug-likeness (QED) is 0.216. The predicted octanol–water partition coefficient (Wildman–Crippen LogP) is 7.84. The molecule has 1 saturated heterocycles. The first-order valence-electron chi connectivity index (χ1n) is 18.8. The number of carbonyl (C=O) groups is 2. The van der Waals surface area contributed by atoms with E-state index in [-0.39, 0.29) is 17.8 Å². The number of nitrogens with zero attached hydrogens (tertiary/aromatic N) is 1. The largest absolute Gasteiger partial charge is 0.493 e. The molecule has 7 rings (SSSR count). The van der Waals surface area contributed by atoms with Gasteiger partial charge in [-0.25, -0.2) is 4.79 Å². The Morgan fingerprint density at radius 2 is 1.40 bits per heavy atom.